The van der Waals surface area contributed by atoms with Gasteiger partial charge in [-0.15, -0.1) is 0 Å². The van der Waals surface area contributed by atoms with E-state index in [2.05, 4.69) is 24.3 Å². The van der Waals surface area contributed by atoms with Crippen molar-refractivity contribution in [2.45, 2.75) is 41.9 Å². The molecule has 0 radical (unpaired) electrons. The number of thioether (sulfide) groups is 1. The maximum absolute atomic E-state index is 6.38. The van der Waals surface area contributed by atoms with Crippen molar-refractivity contribution in [3.63, 3.8) is 0 Å². The van der Waals surface area contributed by atoms with E-state index in [0.29, 0.717) is 0 Å². The number of ether oxygens (including phenoxy) is 1. The molecule has 1 aromatic rings. The maximum atomic E-state index is 6.38. The van der Waals surface area contributed by atoms with Crippen molar-refractivity contribution in [3.05, 3.63) is 24.3 Å². The van der Waals surface area contributed by atoms with Gasteiger partial charge in [0.05, 0.1) is 4.90 Å². The molecule has 4 unspecified atom stereocenters. The largest absolute Gasteiger partial charge is 0.475 e. The van der Waals surface area contributed by atoms with E-state index >= 15 is 0 Å². The van der Waals surface area contributed by atoms with Gasteiger partial charge >= 0.3 is 0 Å². The molecule has 5 rings (SSSR count). The highest BCUT2D eigenvalue weighted by atomic mass is 32.2. The molecule has 1 nitrogen and oxygen atoms in total. The van der Waals surface area contributed by atoms with E-state index in [1.807, 2.05) is 11.8 Å². The van der Waals surface area contributed by atoms with E-state index in [1.54, 1.807) is 0 Å². The fourth-order valence-corrected chi connectivity index (χ4v) is 6.62. The quantitative estimate of drug-likeness (QED) is 0.685. The van der Waals surface area contributed by atoms with Gasteiger partial charge in [-0.05, 0) is 55.1 Å². The maximum Gasteiger partial charge on any atom is 0.159 e. The molecule has 1 aromatic carbocycles. The van der Waals surface area contributed by atoms with E-state index in [1.165, 1.54) is 37.0 Å². The summed E-state index contributed by atoms with van der Waals surface area (Å²) >= 11 is 2.01. The minimum absolute atomic E-state index is 0.111. The molecular formula is C16H18OS. The van der Waals surface area contributed by atoms with Crippen LogP contribution in [0.15, 0.2) is 29.2 Å². The number of rotatable bonds is 0. The van der Waals surface area contributed by atoms with Gasteiger partial charge in [-0.25, -0.2) is 0 Å². The van der Waals surface area contributed by atoms with Crippen molar-refractivity contribution in [1.29, 1.82) is 0 Å². The molecule has 3 saturated carbocycles. The van der Waals surface area contributed by atoms with Crippen molar-refractivity contribution in [2.75, 3.05) is 0 Å². The lowest BCUT2D eigenvalue weighted by Gasteiger charge is -2.24. The highest BCUT2D eigenvalue weighted by Gasteiger charge is 2.59. The Bertz CT molecular complexity index is 467. The topological polar surface area (TPSA) is 9.23 Å². The lowest BCUT2D eigenvalue weighted by atomic mass is 9.82. The first-order valence-electron chi connectivity index (χ1n) is 7.30. The molecule has 0 aromatic heterocycles. The summed E-state index contributed by atoms with van der Waals surface area (Å²) in [6, 6.07) is 8.59. The van der Waals surface area contributed by atoms with Crippen molar-refractivity contribution < 1.29 is 4.74 Å². The molecule has 1 aliphatic heterocycles. The van der Waals surface area contributed by atoms with Crippen LogP contribution in [0.3, 0.4) is 0 Å². The average Bonchev–Trinajstić information content (AvgIpc) is 3.08. The first kappa shape index (κ1) is 10.2. The molecule has 1 heterocycles. The summed E-state index contributed by atoms with van der Waals surface area (Å²) in [5.74, 6) is 5.16. The normalized spacial score (nSPS) is 47.3. The second kappa shape index (κ2) is 3.27. The summed E-state index contributed by atoms with van der Waals surface area (Å²) in [6.45, 7) is 0. The third kappa shape index (κ3) is 1.20. The monoisotopic (exact) mass is 258 g/mol. The Morgan fingerprint density at radius 1 is 1.06 bits per heavy atom. The zero-order valence-corrected chi connectivity index (χ0v) is 11.3. The number of benzene rings is 1. The van der Waals surface area contributed by atoms with E-state index in [-0.39, 0.29) is 4.93 Å². The van der Waals surface area contributed by atoms with Gasteiger partial charge in [0.25, 0.3) is 0 Å². The second-order valence-electron chi connectivity index (χ2n) is 6.63. The van der Waals surface area contributed by atoms with Gasteiger partial charge in [-0.3, -0.25) is 0 Å². The van der Waals surface area contributed by atoms with Crippen LogP contribution < -0.4 is 4.74 Å². The minimum atomic E-state index is 0.111. The van der Waals surface area contributed by atoms with Crippen molar-refractivity contribution >= 4 is 11.8 Å². The standard InChI is InChI=1S/C16H18OS/c1-2-4-15-14(3-1)17-16(18-15)8-12-10-5-6-11(7-10)13(12)9-16/h1-4,10-13H,5-9H2. The van der Waals surface area contributed by atoms with Crippen LogP contribution in [0.1, 0.15) is 32.1 Å². The minimum Gasteiger partial charge on any atom is -0.475 e. The molecule has 4 atom stereocenters. The fourth-order valence-electron chi connectivity index (χ4n) is 5.17. The average molecular weight is 258 g/mol. The molecule has 0 N–H and O–H groups in total. The lowest BCUT2D eigenvalue weighted by molar-refractivity contribution is 0.165. The Kier molecular flexibility index (Phi) is 1.85. The van der Waals surface area contributed by atoms with Gasteiger partial charge in [0, 0.05) is 12.8 Å². The third-order valence-corrected chi connectivity index (χ3v) is 7.16. The summed E-state index contributed by atoms with van der Waals surface area (Å²) in [6.07, 6.45) is 7.14. The van der Waals surface area contributed by atoms with E-state index in [0.717, 1.165) is 29.4 Å². The number of fused-ring (bicyclic) bond motifs is 6. The van der Waals surface area contributed by atoms with Crippen LogP contribution >= 0.6 is 11.8 Å². The molecule has 3 fully saturated rings. The molecule has 4 aliphatic rings. The summed E-state index contributed by atoms with van der Waals surface area (Å²) in [7, 11) is 0. The molecule has 0 saturated heterocycles. The zero-order valence-electron chi connectivity index (χ0n) is 10.5. The van der Waals surface area contributed by atoms with Gasteiger partial charge in [0.15, 0.2) is 4.93 Å². The third-order valence-electron chi connectivity index (χ3n) is 5.81. The Hall–Kier alpha value is -0.630. The molecule has 3 aliphatic carbocycles. The highest BCUT2D eigenvalue weighted by Crippen LogP contribution is 2.66. The van der Waals surface area contributed by atoms with E-state index in [4.69, 9.17) is 4.74 Å². The molecule has 1 spiro atoms. The predicted molar refractivity (Wildman–Crippen MR) is 72.7 cm³/mol. The van der Waals surface area contributed by atoms with Crippen LogP contribution in [-0.4, -0.2) is 4.93 Å². The smallest absolute Gasteiger partial charge is 0.159 e. The number of para-hydroxylation sites is 1. The van der Waals surface area contributed by atoms with Gasteiger partial charge in [-0.2, -0.15) is 0 Å². The van der Waals surface area contributed by atoms with Gasteiger partial charge in [-0.1, -0.05) is 23.9 Å². The molecular weight excluding hydrogens is 240 g/mol. The van der Waals surface area contributed by atoms with E-state index in [9.17, 15) is 0 Å². The van der Waals surface area contributed by atoms with Crippen molar-refractivity contribution in [3.8, 4) is 5.75 Å². The zero-order chi connectivity index (χ0) is 11.7. The second-order valence-corrected chi connectivity index (χ2v) is 8.02. The van der Waals surface area contributed by atoms with Crippen molar-refractivity contribution in [1.82, 2.24) is 0 Å². The van der Waals surface area contributed by atoms with Crippen LogP contribution in [-0.2, 0) is 0 Å². The first-order chi connectivity index (χ1) is 8.83. The number of hydrogen-bond donors (Lipinski definition) is 0. The Balaban J connectivity index is 1.48. The summed E-state index contributed by atoms with van der Waals surface area (Å²) in [5.41, 5.74) is 0. The molecule has 18 heavy (non-hydrogen) atoms. The lowest BCUT2D eigenvalue weighted by Crippen LogP contribution is -2.26. The molecule has 2 heteroatoms. The SMILES string of the molecule is c1ccc2c(c1)OC1(CC3C4CCC(C4)C3C1)S2. The van der Waals surface area contributed by atoms with E-state index < -0.39 is 0 Å². The Morgan fingerprint density at radius 3 is 2.50 bits per heavy atom. The van der Waals surface area contributed by atoms with Crippen LogP contribution in [0.2, 0.25) is 0 Å². The van der Waals surface area contributed by atoms with Gasteiger partial charge in [0.1, 0.15) is 5.75 Å². The predicted octanol–water partition coefficient (Wildman–Crippen LogP) is 4.32. The summed E-state index contributed by atoms with van der Waals surface area (Å²) in [4.78, 5) is 1.48. The van der Waals surface area contributed by atoms with Crippen LogP contribution in [0.4, 0.5) is 0 Å². The molecule has 94 valence electrons. The fraction of sp³-hybridized carbons (Fsp3) is 0.625. The Morgan fingerprint density at radius 2 is 1.78 bits per heavy atom. The van der Waals surface area contributed by atoms with Gasteiger partial charge in [0.2, 0.25) is 0 Å². The van der Waals surface area contributed by atoms with Crippen LogP contribution in [0, 0.1) is 23.7 Å². The van der Waals surface area contributed by atoms with Crippen LogP contribution in [0.5, 0.6) is 5.75 Å². The molecule has 0 amide bonds. The van der Waals surface area contributed by atoms with Gasteiger partial charge < -0.3 is 4.74 Å². The summed E-state index contributed by atoms with van der Waals surface area (Å²) < 4.78 is 6.38. The van der Waals surface area contributed by atoms with Crippen molar-refractivity contribution in [2.24, 2.45) is 23.7 Å². The highest BCUT2D eigenvalue weighted by molar-refractivity contribution is 8.00. The molecule has 2 bridgehead atoms. The summed E-state index contributed by atoms with van der Waals surface area (Å²) in [5, 5.41) is 0. The number of hydrogen-bond acceptors (Lipinski definition) is 2. The first-order valence-corrected chi connectivity index (χ1v) is 8.12. The Labute approximate surface area is 112 Å². The van der Waals surface area contributed by atoms with Crippen LogP contribution in [0.25, 0.3) is 0 Å².